The SMILES string of the molecule is CCCNC(=O)C(C)NCc1ccccc1Br. The Morgan fingerprint density at radius 1 is 1.41 bits per heavy atom. The quantitative estimate of drug-likeness (QED) is 0.847. The normalized spacial score (nSPS) is 12.2. The summed E-state index contributed by atoms with van der Waals surface area (Å²) in [5, 5.41) is 6.08. The maximum Gasteiger partial charge on any atom is 0.236 e. The summed E-state index contributed by atoms with van der Waals surface area (Å²) >= 11 is 3.48. The lowest BCUT2D eigenvalue weighted by Crippen LogP contribution is -2.42. The van der Waals surface area contributed by atoms with Crippen LogP contribution in [0.25, 0.3) is 0 Å². The molecule has 0 radical (unpaired) electrons. The number of nitrogens with one attached hydrogen (secondary N) is 2. The van der Waals surface area contributed by atoms with Crippen LogP contribution in [0.15, 0.2) is 28.7 Å². The fourth-order valence-corrected chi connectivity index (χ4v) is 1.82. The Kier molecular flexibility index (Phi) is 6.22. The van der Waals surface area contributed by atoms with E-state index < -0.39 is 0 Å². The van der Waals surface area contributed by atoms with E-state index in [1.807, 2.05) is 38.1 Å². The summed E-state index contributed by atoms with van der Waals surface area (Å²) in [4.78, 5) is 11.6. The maximum atomic E-state index is 11.6. The molecule has 1 atom stereocenters. The average Bonchev–Trinajstić information content (AvgIpc) is 2.34. The average molecular weight is 299 g/mol. The van der Waals surface area contributed by atoms with Gasteiger partial charge in [-0.25, -0.2) is 0 Å². The number of halogens is 1. The van der Waals surface area contributed by atoms with Gasteiger partial charge in [0.2, 0.25) is 5.91 Å². The van der Waals surface area contributed by atoms with Crippen LogP contribution in [0.4, 0.5) is 0 Å². The molecule has 94 valence electrons. The Morgan fingerprint density at radius 3 is 2.76 bits per heavy atom. The van der Waals surface area contributed by atoms with Crippen molar-refractivity contribution in [2.75, 3.05) is 6.54 Å². The molecule has 0 aliphatic carbocycles. The van der Waals surface area contributed by atoms with Gasteiger partial charge in [0.25, 0.3) is 0 Å². The summed E-state index contributed by atoms with van der Waals surface area (Å²) in [6.07, 6.45) is 0.961. The zero-order chi connectivity index (χ0) is 12.7. The fraction of sp³-hybridized carbons (Fsp3) is 0.462. The van der Waals surface area contributed by atoms with Crippen LogP contribution < -0.4 is 10.6 Å². The molecule has 1 aromatic rings. The lowest BCUT2D eigenvalue weighted by atomic mass is 10.2. The van der Waals surface area contributed by atoms with Crippen molar-refractivity contribution in [1.82, 2.24) is 10.6 Å². The number of amides is 1. The van der Waals surface area contributed by atoms with Gasteiger partial charge >= 0.3 is 0 Å². The van der Waals surface area contributed by atoms with Crippen LogP contribution >= 0.6 is 15.9 Å². The summed E-state index contributed by atoms with van der Waals surface area (Å²) in [5.41, 5.74) is 1.16. The van der Waals surface area contributed by atoms with E-state index in [1.165, 1.54) is 0 Å². The van der Waals surface area contributed by atoms with Gasteiger partial charge in [0.15, 0.2) is 0 Å². The van der Waals surface area contributed by atoms with Crippen molar-refractivity contribution in [3.05, 3.63) is 34.3 Å². The van der Waals surface area contributed by atoms with Crippen LogP contribution in [0.2, 0.25) is 0 Å². The highest BCUT2D eigenvalue weighted by molar-refractivity contribution is 9.10. The Labute approximate surface area is 111 Å². The molecule has 0 heterocycles. The van der Waals surface area contributed by atoms with Gasteiger partial charge in [0, 0.05) is 17.6 Å². The molecule has 0 saturated carbocycles. The molecule has 1 rings (SSSR count). The second-order valence-electron chi connectivity index (χ2n) is 3.99. The molecule has 1 unspecified atom stereocenters. The van der Waals surface area contributed by atoms with Crippen LogP contribution in [-0.4, -0.2) is 18.5 Å². The van der Waals surface area contributed by atoms with Crippen molar-refractivity contribution in [2.24, 2.45) is 0 Å². The van der Waals surface area contributed by atoms with E-state index in [1.54, 1.807) is 0 Å². The van der Waals surface area contributed by atoms with E-state index in [2.05, 4.69) is 26.6 Å². The second kappa shape index (κ2) is 7.45. The Hall–Kier alpha value is -0.870. The molecule has 1 amide bonds. The molecule has 0 spiro atoms. The Balaban J connectivity index is 2.40. The summed E-state index contributed by atoms with van der Waals surface area (Å²) in [7, 11) is 0. The highest BCUT2D eigenvalue weighted by Crippen LogP contribution is 2.15. The van der Waals surface area contributed by atoms with Crippen molar-refractivity contribution in [1.29, 1.82) is 0 Å². The van der Waals surface area contributed by atoms with E-state index in [0.29, 0.717) is 6.54 Å². The van der Waals surface area contributed by atoms with E-state index in [9.17, 15) is 4.79 Å². The van der Waals surface area contributed by atoms with Crippen molar-refractivity contribution >= 4 is 21.8 Å². The van der Waals surface area contributed by atoms with Crippen LogP contribution in [0, 0.1) is 0 Å². The molecule has 0 aliphatic rings. The summed E-state index contributed by atoms with van der Waals surface area (Å²) < 4.78 is 1.06. The molecule has 0 aliphatic heterocycles. The number of carbonyl (C=O) groups is 1. The highest BCUT2D eigenvalue weighted by atomic mass is 79.9. The topological polar surface area (TPSA) is 41.1 Å². The molecule has 0 fully saturated rings. The molecular formula is C13H19BrN2O. The number of hydrogen-bond donors (Lipinski definition) is 2. The van der Waals surface area contributed by atoms with Crippen molar-refractivity contribution in [3.8, 4) is 0 Å². The van der Waals surface area contributed by atoms with E-state index >= 15 is 0 Å². The summed E-state index contributed by atoms with van der Waals surface area (Å²) in [6, 6.07) is 7.83. The number of rotatable bonds is 6. The fourth-order valence-electron chi connectivity index (χ4n) is 1.40. The summed E-state index contributed by atoms with van der Waals surface area (Å²) in [5.74, 6) is 0.0545. The number of hydrogen-bond acceptors (Lipinski definition) is 2. The predicted molar refractivity (Wildman–Crippen MR) is 73.7 cm³/mol. The number of benzene rings is 1. The van der Waals surface area contributed by atoms with Gasteiger partial charge in [-0.3, -0.25) is 4.79 Å². The Bertz CT molecular complexity index is 368. The summed E-state index contributed by atoms with van der Waals surface area (Å²) in [6.45, 7) is 5.34. The molecule has 1 aromatic carbocycles. The molecule has 3 nitrogen and oxygen atoms in total. The lowest BCUT2D eigenvalue weighted by molar-refractivity contribution is -0.122. The first-order valence-corrected chi connectivity index (χ1v) is 6.69. The second-order valence-corrected chi connectivity index (χ2v) is 4.84. The first kappa shape index (κ1) is 14.2. The van der Waals surface area contributed by atoms with Gasteiger partial charge < -0.3 is 10.6 Å². The minimum Gasteiger partial charge on any atom is -0.355 e. The van der Waals surface area contributed by atoms with Gasteiger partial charge in [0.05, 0.1) is 6.04 Å². The molecule has 4 heteroatoms. The molecule has 17 heavy (non-hydrogen) atoms. The van der Waals surface area contributed by atoms with E-state index in [0.717, 1.165) is 23.0 Å². The standard InChI is InChI=1S/C13H19BrN2O/c1-3-8-15-13(17)10(2)16-9-11-6-4-5-7-12(11)14/h4-7,10,16H,3,8-9H2,1-2H3,(H,15,17). The van der Waals surface area contributed by atoms with Gasteiger partial charge in [-0.05, 0) is 25.0 Å². The first-order valence-electron chi connectivity index (χ1n) is 5.89. The van der Waals surface area contributed by atoms with Crippen LogP contribution in [0.1, 0.15) is 25.8 Å². The first-order chi connectivity index (χ1) is 8.15. The predicted octanol–water partition coefficient (Wildman–Crippen LogP) is 2.45. The molecule has 0 bridgehead atoms. The van der Waals surface area contributed by atoms with Crippen molar-refractivity contribution in [3.63, 3.8) is 0 Å². The molecule has 2 N–H and O–H groups in total. The highest BCUT2D eigenvalue weighted by Gasteiger charge is 2.11. The smallest absolute Gasteiger partial charge is 0.236 e. The maximum absolute atomic E-state index is 11.6. The van der Waals surface area contributed by atoms with E-state index in [4.69, 9.17) is 0 Å². The third-order valence-electron chi connectivity index (χ3n) is 2.50. The van der Waals surface area contributed by atoms with E-state index in [-0.39, 0.29) is 11.9 Å². The zero-order valence-electron chi connectivity index (χ0n) is 10.3. The van der Waals surface area contributed by atoms with Crippen LogP contribution in [0.5, 0.6) is 0 Å². The van der Waals surface area contributed by atoms with Gasteiger partial charge in [-0.1, -0.05) is 41.1 Å². The van der Waals surface area contributed by atoms with Gasteiger partial charge in [-0.15, -0.1) is 0 Å². The van der Waals surface area contributed by atoms with Crippen molar-refractivity contribution < 1.29 is 4.79 Å². The van der Waals surface area contributed by atoms with Crippen molar-refractivity contribution in [2.45, 2.75) is 32.9 Å². The largest absolute Gasteiger partial charge is 0.355 e. The van der Waals surface area contributed by atoms with Gasteiger partial charge in [-0.2, -0.15) is 0 Å². The minimum atomic E-state index is -0.173. The third-order valence-corrected chi connectivity index (χ3v) is 3.27. The molecular weight excluding hydrogens is 280 g/mol. The van der Waals surface area contributed by atoms with Crippen LogP contribution in [-0.2, 0) is 11.3 Å². The third kappa shape index (κ3) is 4.88. The number of carbonyl (C=O) groups excluding carboxylic acids is 1. The monoisotopic (exact) mass is 298 g/mol. The van der Waals surface area contributed by atoms with Gasteiger partial charge in [0.1, 0.15) is 0 Å². The lowest BCUT2D eigenvalue weighted by Gasteiger charge is -2.14. The van der Waals surface area contributed by atoms with Crippen LogP contribution in [0.3, 0.4) is 0 Å². The molecule has 0 saturated heterocycles. The zero-order valence-corrected chi connectivity index (χ0v) is 11.9. The Morgan fingerprint density at radius 2 is 2.12 bits per heavy atom. The molecule has 0 aromatic heterocycles. The minimum absolute atomic E-state index is 0.0545.